The topological polar surface area (TPSA) is 100 Å². The Bertz CT molecular complexity index is 731. The van der Waals surface area contributed by atoms with E-state index in [1.165, 1.54) is 12.1 Å². The lowest BCUT2D eigenvalue weighted by Crippen LogP contribution is -2.15. The third-order valence-electron chi connectivity index (χ3n) is 3.15. The van der Waals surface area contributed by atoms with Crippen molar-refractivity contribution in [3.8, 4) is 11.5 Å². The van der Waals surface area contributed by atoms with E-state index in [0.717, 1.165) is 0 Å². The van der Waals surface area contributed by atoms with Gasteiger partial charge < -0.3 is 24.5 Å². The molecule has 0 amide bonds. The van der Waals surface area contributed by atoms with Crippen LogP contribution in [0.2, 0.25) is 0 Å². The zero-order valence-corrected chi connectivity index (χ0v) is 12.2. The van der Waals surface area contributed by atoms with Crippen LogP contribution < -0.4 is 10.4 Å². The first-order chi connectivity index (χ1) is 10.6. The van der Waals surface area contributed by atoms with Gasteiger partial charge in [-0.1, -0.05) is 6.08 Å². The number of aromatic hydroxyl groups is 1. The van der Waals surface area contributed by atoms with Crippen LogP contribution in [-0.2, 0) is 0 Å². The minimum Gasteiger partial charge on any atom is -0.506 e. The van der Waals surface area contributed by atoms with E-state index < -0.39 is 11.7 Å². The summed E-state index contributed by atoms with van der Waals surface area (Å²) in [6.07, 6.45) is 2.58. The number of fused-ring (bicyclic) bond motifs is 1. The average molecular weight is 306 g/mol. The van der Waals surface area contributed by atoms with Gasteiger partial charge in [-0.3, -0.25) is 0 Å². The lowest BCUT2D eigenvalue weighted by molar-refractivity contribution is 0.0754. The zero-order valence-electron chi connectivity index (χ0n) is 12.2. The molecule has 0 bridgehead atoms. The van der Waals surface area contributed by atoms with E-state index in [4.69, 9.17) is 14.3 Å². The lowest BCUT2D eigenvalue weighted by atomic mass is 10.1. The maximum atomic E-state index is 11.8. The van der Waals surface area contributed by atoms with E-state index in [2.05, 4.69) is 0 Å². The Balaban J connectivity index is 2.28. The molecule has 2 rings (SSSR count). The third-order valence-corrected chi connectivity index (χ3v) is 3.15. The Hall–Kier alpha value is -2.31. The fourth-order valence-corrected chi connectivity index (χ4v) is 1.99. The molecule has 0 spiro atoms. The monoisotopic (exact) mass is 306 g/mol. The molecule has 0 saturated carbocycles. The molecule has 6 heteroatoms. The summed E-state index contributed by atoms with van der Waals surface area (Å²) in [4.78, 5) is 11.8. The zero-order chi connectivity index (χ0) is 16.1. The molecule has 118 valence electrons. The molecular weight excluding hydrogens is 288 g/mol. The number of ether oxygens (including phenoxy) is 1. The molecule has 2 aromatic rings. The van der Waals surface area contributed by atoms with Gasteiger partial charge in [-0.15, -0.1) is 0 Å². The molecule has 1 aromatic heterocycles. The molecule has 0 radical (unpaired) electrons. The standard InChI is InChI=1S/C16H18O6/c1-2-3-13-15(19)12-5-4-11(8-14(12)22-16(13)20)21-7-6-10(18)9-17/h2-5,8,10,17-19H,6-7,9H2,1H3. The second-order valence-corrected chi connectivity index (χ2v) is 4.78. The summed E-state index contributed by atoms with van der Waals surface area (Å²) in [6.45, 7) is 1.62. The molecule has 1 unspecified atom stereocenters. The number of hydrogen-bond acceptors (Lipinski definition) is 6. The van der Waals surface area contributed by atoms with Crippen molar-refractivity contribution < 1.29 is 24.5 Å². The maximum absolute atomic E-state index is 11.8. The minimum absolute atomic E-state index is 0.106. The predicted octanol–water partition coefficient (Wildman–Crippen LogP) is 1.65. The Morgan fingerprint density at radius 2 is 2.18 bits per heavy atom. The minimum atomic E-state index is -0.828. The van der Waals surface area contributed by atoms with Crippen LogP contribution in [0, 0.1) is 0 Å². The maximum Gasteiger partial charge on any atom is 0.347 e. The smallest absolute Gasteiger partial charge is 0.347 e. The average Bonchev–Trinajstić information content (AvgIpc) is 2.51. The van der Waals surface area contributed by atoms with Crippen LogP contribution >= 0.6 is 0 Å². The highest BCUT2D eigenvalue weighted by atomic mass is 16.5. The largest absolute Gasteiger partial charge is 0.506 e. The van der Waals surface area contributed by atoms with Crippen LogP contribution in [0.1, 0.15) is 18.9 Å². The van der Waals surface area contributed by atoms with E-state index in [0.29, 0.717) is 11.1 Å². The lowest BCUT2D eigenvalue weighted by Gasteiger charge is -2.10. The highest BCUT2D eigenvalue weighted by molar-refractivity contribution is 5.87. The molecule has 0 saturated heterocycles. The number of benzene rings is 1. The van der Waals surface area contributed by atoms with Crippen LogP contribution in [0.4, 0.5) is 0 Å². The summed E-state index contributed by atoms with van der Waals surface area (Å²) in [6, 6.07) is 4.73. The van der Waals surface area contributed by atoms with Crippen LogP contribution in [0.15, 0.2) is 33.5 Å². The van der Waals surface area contributed by atoms with Gasteiger partial charge in [0, 0.05) is 12.5 Å². The molecule has 1 atom stereocenters. The van der Waals surface area contributed by atoms with Crippen molar-refractivity contribution in [2.45, 2.75) is 19.4 Å². The summed E-state index contributed by atoms with van der Waals surface area (Å²) in [7, 11) is 0. The molecule has 0 aliphatic heterocycles. The summed E-state index contributed by atoms with van der Waals surface area (Å²) in [5.41, 5.74) is -0.304. The summed E-state index contributed by atoms with van der Waals surface area (Å²) >= 11 is 0. The van der Waals surface area contributed by atoms with Gasteiger partial charge in [0.25, 0.3) is 0 Å². The normalized spacial score (nSPS) is 12.9. The van der Waals surface area contributed by atoms with E-state index in [1.54, 1.807) is 25.1 Å². The molecule has 6 nitrogen and oxygen atoms in total. The molecule has 3 N–H and O–H groups in total. The summed E-state index contributed by atoms with van der Waals surface area (Å²) in [5.74, 6) is 0.311. The first-order valence-corrected chi connectivity index (χ1v) is 6.91. The van der Waals surface area contributed by atoms with Crippen molar-refractivity contribution >= 4 is 17.0 Å². The van der Waals surface area contributed by atoms with Crippen molar-refractivity contribution in [3.63, 3.8) is 0 Å². The van der Waals surface area contributed by atoms with Crippen molar-refractivity contribution in [3.05, 3.63) is 40.3 Å². The van der Waals surface area contributed by atoms with Gasteiger partial charge in [0.2, 0.25) is 0 Å². The fourth-order valence-electron chi connectivity index (χ4n) is 1.99. The van der Waals surface area contributed by atoms with Gasteiger partial charge in [-0.25, -0.2) is 4.79 Å². The number of hydrogen-bond donors (Lipinski definition) is 3. The molecule has 1 aromatic carbocycles. The van der Waals surface area contributed by atoms with Crippen LogP contribution in [0.5, 0.6) is 11.5 Å². The van der Waals surface area contributed by atoms with E-state index in [-0.39, 0.29) is 36.5 Å². The van der Waals surface area contributed by atoms with Gasteiger partial charge in [0.15, 0.2) is 0 Å². The Morgan fingerprint density at radius 1 is 1.41 bits per heavy atom. The molecule has 22 heavy (non-hydrogen) atoms. The second kappa shape index (κ2) is 7.11. The number of allylic oxidation sites excluding steroid dienone is 1. The van der Waals surface area contributed by atoms with Crippen molar-refractivity contribution in [2.24, 2.45) is 0 Å². The molecular formula is C16H18O6. The van der Waals surface area contributed by atoms with Gasteiger partial charge in [-0.05, 0) is 25.1 Å². The second-order valence-electron chi connectivity index (χ2n) is 4.78. The summed E-state index contributed by atoms with van der Waals surface area (Å²) in [5, 5.41) is 28.5. The van der Waals surface area contributed by atoms with Gasteiger partial charge >= 0.3 is 5.63 Å². The number of rotatable bonds is 6. The summed E-state index contributed by atoms with van der Waals surface area (Å²) < 4.78 is 10.6. The van der Waals surface area contributed by atoms with Gasteiger partial charge in [0.1, 0.15) is 22.6 Å². The SMILES string of the molecule is CC=Cc1c(O)c2ccc(OCCC(O)CO)cc2oc1=O. The Labute approximate surface area is 126 Å². The van der Waals surface area contributed by atoms with Gasteiger partial charge in [-0.2, -0.15) is 0 Å². The van der Waals surface area contributed by atoms with Gasteiger partial charge in [0.05, 0.1) is 24.7 Å². The Morgan fingerprint density at radius 3 is 2.86 bits per heavy atom. The Kier molecular flexibility index (Phi) is 5.19. The van der Waals surface area contributed by atoms with Crippen molar-refractivity contribution in [1.82, 2.24) is 0 Å². The quantitative estimate of drug-likeness (QED) is 0.702. The highest BCUT2D eigenvalue weighted by Gasteiger charge is 2.12. The molecule has 0 aliphatic carbocycles. The molecule has 1 heterocycles. The number of aliphatic hydroxyl groups excluding tert-OH is 2. The third kappa shape index (κ3) is 3.47. The van der Waals surface area contributed by atoms with E-state index in [1.807, 2.05) is 0 Å². The van der Waals surface area contributed by atoms with Crippen LogP contribution in [-0.4, -0.2) is 34.6 Å². The fraction of sp³-hybridized carbons (Fsp3) is 0.312. The number of aliphatic hydroxyl groups is 2. The van der Waals surface area contributed by atoms with Crippen LogP contribution in [0.3, 0.4) is 0 Å². The first kappa shape index (κ1) is 16.1. The van der Waals surface area contributed by atoms with E-state index in [9.17, 15) is 15.0 Å². The first-order valence-electron chi connectivity index (χ1n) is 6.91. The highest BCUT2D eigenvalue weighted by Crippen LogP contribution is 2.29. The molecule has 0 fully saturated rings. The van der Waals surface area contributed by atoms with Crippen LogP contribution in [0.25, 0.3) is 17.0 Å². The molecule has 0 aliphatic rings. The predicted molar refractivity (Wildman–Crippen MR) is 82.1 cm³/mol. The van der Waals surface area contributed by atoms with Crippen molar-refractivity contribution in [1.29, 1.82) is 0 Å². The van der Waals surface area contributed by atoms with Crippen molar-refractivity contribution in [2.75, 3.05) is 13.2 Å². The van der Waals surface area contributed by atoms with E-state index >= 15 is 0 Å².